The van der Waals surface area contributed by atoms with Crippen LogP contribution in [0.3, 0.4) is 0 Å². The molecular formula is C17H21N5OS. The molecule has 2 aliphatic rings. The van der Waals surface area contributed by atoms with Gasteiger partial charge in [-0.2, -0.15) is 5.10 Å². The molecular weight excluding hydrogens is 322 g/mol. The fraction of sp³-hybridized carbons (Fsp3) is 0.471. The summed E-state index contributed by atoms with van der Waals surface area (Å²) in [5.74, 6) is 1.53. The molecule has 0 saturated heterocycles. The molecule has 2 heterocycles. The van der Waals surface area contributed by atoms with Gasteiger partial charge in [0.25, 0.3) is 0 Å². The number of hydrazone groups is 1. The van der Waals surface area contributed by atoms with Crippen molar-refractivity contribution in [3.05, 3.63) is 34.2 Å². The lowest BCUT2D eigenvalue weighted by molar-refractivity contribution is 0.367. The van der Waals surface area contributed by atoms with Gasteiger partial charge in [0.05, 0.1) is 16.7 Å². The average Bonchev–Trinajstić information content (AvgIpc) is 3.00. The summed E-state index contributed by atoms with van der Waals surface area (Å²) in [4.78, 5) is 21.6. The fourth-order valence-electron chi connectivity index (χ4n) is 3.34. The molecule has 1 aliphatic carbocycles. The van der Waals surface area contributed by atoms with Gasteiger partial charge in [0.1, 0.15) is 0 Å². The van der Waals surface area contributed by atoms with E-state index in [0.717, 1.165) is 45.7 Å². The van der Waals surface area contributed by atoms with Crippen LogP contribution in [-0.2, 0) is 0 Å². The molecule has 1 aromatic heterocycles. The maximum Gasteiger partial charge on any atom is 0.323 e. The number of imidazole rings is 1. The number of amidine groups is 1. The third kappa shape index (κ3) is 3.40. The maximum absolute atomic E-state index is 11.3. The first-order chi connectivity index (χ1) is 11.8. The van der Waals surface area contributed by atoms with Gasteiger partial charge in [-0.1, -0.05) is 37.1 Å². The molecule has 3 N–H and O–H groups in total. The van der Waals surface area contributed by atoms with Crippen LogP contribution in [0.15, 0.2) is 33.1 Å². The predicted molar refractivity (Wildman–Crippen MR) is 99.9 cm³/mol. The Labute approximate surface area is 144 Å². The van der Waals surface area contributed by atoms with E-state index >= 15 is 0 Å². The number of fused-ring (bicyclic) bond motifs is 1. The Morgan fingerprint density at radius 1 is 1.17 bits per heavy atom. The third-order valence-corrected chi connectivity index (χ3v) is 5.61. The van der Waals surface area contributed by atoms with E-state index in [4.69, 9.17) is 4.99 Å². The zero-order valence-corrected chi connectivity index (χ0v) is 14.3. The number of nitrogens with one attached hydrogen (secondary N) is 3. The third-order valence-electron chi connectivity index (χ3n) is 4.70. The molecule has 0 spiro atoms. The second-order valence-corrected chi connectivity index (χ2v) is 7.41. The van der Waals surface area contributed by atoms with E-state index in [1.807, 2.05) is 18.2 Å². The monoisotopic (exact) mass is 343 g/mol. The van der Waals surface area contributed by atoms with Crippen LogP contribution in [0.2, 0.25) is 0 Å². The Balaban J connectivity index is 1.44. The van der Waals surface area contributed by atoms with E-state index in [2.05, 4.69) is 20.5 Å². The molecule has 0 amide bonds. The Morgan fingerprint density at radius 2 is 2.00 bits per heavy atom. The summed E-state index contributed by atoms with van der Waals surface area (Å²) >= 11 is 1.69. The van der Waals surface area contributed by atoms with Crippen molar-refractivity contribution in [2.24, 2.45) is 16.0 Å². The normalized spacial score (nSPS) is 21.0. The van der Waals surface area contributed by atoms with Crippen LogP contribution in [0.25, 0.3) is 11.0 Å². The van der Waals surface area contributed by atoms with Crippen molar-refractivity contribution in [3.63, 3.8) is 0 Å². The second-order valence-electron chi connectivity index (χ2n) is 6.45. The van der Waals surface area contributed by atoms with Crippen LogP contribution in [0.1, 0.15) is 37.7 Å². The second kappa shape index (κ2) is 6.84. The first kappa shape index (κ1) is 15.5. The lowest BCUT2D eigenvalue weighted by atomic mass is 9.89. The number of H-pyrrole nitrogens is 2. The Hall–Kier alpha value is -2.02. The van der Waals surface area contributed by atoms with E-state index in [1.165, 1.54) is 32.1 Å². The maximum atomic E-state index is 11.3. The lowest BCUT2D eigenvalue weighted by Gasteiger charge is -2.20. The summed E-state index contributed by atoms with van der Waals surface area (Å²) in [6, 6.07) is 5.85. The minimum atomic E-state index is -0.183. The number of benzene rings is 1. The lowest BCUT2D eigenvalue weighted by Crippen LogP contribution is -2.26. The molecule has 24 heavy (non-hydrogen) atoms. The number of thioether (sulfide) groups is 1. The van der Waals surface area contributed by atoms with Crippen LogP contribution >= 0.6 is 11.8 Å². The molecule has 6 nitrogen and oxygen atoms in total. The number of rotatable bonds is 3. The van der Waals surface area contributed by atoms with Crippen LogP contribution in [0.5, 0.6) is 0 Å². The number of aromatic amines is 2. The number of nitrogens with zero attached hydrogens (tertiary/aromatic N) is 2. The Bertz CT molecular complexity index is 844. The minimum absolute atomic E-state index is 0.183. The van der Waals surface area contributed by atoms with E-state index < -0.39 is 0 Å². The highest BCUT2D eigenvalue weighted by molar-refractivity contribution is 8.14. The summed E-state index contributed by atoms with van der Waals surface area (Å²) in [6.07, 6.45) is 6.70. The van der Waals surface area contributed by atoms with E-state index in [1.54, 1.807) is 11.8 Å². The summed E-state index contributed by atoms with van der Waals surface area (Å²) in [6.45, 7) is 0.913. The number of aliphatic imine (C=N–C) groups is 1. The van der Waals surface area contributed by atoms with Gasteiger partial charge in [-0.25, -0.2) is 4.79 Å². The van der Waals surface area contributed by atoms with Gasteiger partial charge in [0.2, 0.25) is 0 Å². The van der Waals surface area contributed by atoms with Crippen molar-refractivity contribution in [2.45, 2.75) is 32.1 Å². The highest BCUT2D eigenvalue weighted by Gasteiger charge is 2.16. The van der Waals surface area contributed by atoms with Gasteiger partial charge < -0.3 is 9.97 Å². The molecule has 0 radical (unpaired) electrons. The smallest absolute Gasteiger partial charge is 0.306 e. The molecule has 0 bridgehead atoms. The quantitative estimate of drug-likeness (QED) is 0.801. The summed E-state index contributed by atoms with van der Waals surface area (Å²) < 4.78 is 0. The van der Waals surface area contributed by atoms with Crippen LogP contribution in [-0.4, -0.2) is 33.1 Å². The van der Waals surface area contributed by atoms with Gasteiger partial charge >= 0.3 is 5.69 Å². The zero-order valence-electron chi connectivity index (χ0n) is 13.5. The Morgan fingerprint density at radius 3 is 2.79 bits per heavy atom. The number of aromatic nitrogens is 2. The summed E-state index contributed by atoms with van der Waals surface area (Å²) in [5, 5.41) is 5.39. The highest BCUT2D eigenvalue weighted by Crippen LogP contribution is 2.24. The standard InChI is InChI=1S/C17H21N5OS/c23-16-19-13-7-6-12(8-14(13)20-16)15-10-24-17(22-21-15)18-9-11-4-2-1-3-5-11/h6-8,11H,1-5,9-10H2,(H,18,22)(H2,19,20,23). The predicted octanol–water partition coefficient (Wildman–Crippen LogP) is 2.83. The molecule has 0 atom stereocenters. The molecule has 0 unspecified atom stereocenters. The van der Waals surface area contributed by atoms with Crippen LogP contribution in [0, 0.1) is 5.92 Å². The van der Waals surface area contributed by atoms with Gasteiger partial charge in [-0.05, 0) is 30.9 Å². The van der Waals surface area contributed by atoms with E-state index in [-0.39, 0.29) is 5.69 Å². The van der Waals surface area contributed by atoms with E-state index in [0.29, 0.717) is 0 Å². The highest BCUT2D eigenvalue weighted by atomic mass is 32.2. The van der Waals surface area contributed by atoms with Crippen molar-refractivity contribution in [3.8, 4) is 0 Å². The zero-order chi connectivity index (χ0) is 16.4. The first-order valence-corrected chi connectivity index (χ1v) is 9.49. The molecule has 1 fully saturated rings. The van der Waals surface area contributed by atoms with Crippen molar-refractivity contribution < 1.29 is 0 Å². The van der Waals surface area contributed by atoms with Crippen molar-refractivity contribution >= 4 is 33.7 Å². The first-order valence-electron chi connectivity index (χ1n) is 8.50. The molecule has 2 aromatic rings. The van der Waals surface area contributed by atoms with Gasteiger partial charge in [0.15, 0.2) is 5.17 Å². The number of hydrogen-bond acceptors (Lipinski definition) is 4. The molecule has 1 aromatic carbocycles. The summed E-state index contributed by atoms with van der Waals surface area (Å²) in [7, 11) is 0. The summed E-state index contributed by atoms with van der Waals surface area (Å²) in [5.41, 5.74) is 6.51. The molecule has 1 saturated carbocycles. The SMILES string of the molecule is O=c1[nH]c2ccc(C3=NNC(=NCC4CCCCC4)SC3)cc2[nH]1. The molecule has 1 aliphatic heterocycles. The van der Waals surface area contributed by atoms with Crippen molar-refractivity contribution in [1.29, 1.82) is 0 Å². The van der Waals surface area contributed by atoms with Crippen molar-refractivity contribution in [2.75, 3.05) is 12.3 Å². The molecule has 4 rings (SSSR count). The molecule has 126 valence electrons. The average molecular weight is 343 g/mol. The van der Waals surface area contributed by atoms with Gasteiger partial charge in [0, 0.05) is 17.9 Å². The van der Waals surface area contributed by atoms with E-state index in [9.17, 15) is 4.79 Å². The topological polar surface area (TPSA) is 85.4 Å². The Kier molecular flexibility index (Phi) is 4.42. The molecule has 7 heteroatoms. The van der Waals surface area contributed by atoms with Crippen LogP contribution in [0.4, 0.5) is 0 Å². The minimum Gasteiger partial charge on any atom is -0.306 e. The van der Waals surface area contributed by atoms with Crippen LogP contribution < -0.4 is 11.1 Å². The largest absolute Gasteiger partial charge is 0.323 e. The fourth-order valence-corrected chi connectivity index (χ4v) is 4.12. The van der Waals surface area contributed by atoms with Crippen molar-refractivity contribution in [1.82, 2.24) is 15.4 Å². The number of hydrogen-bond donors (Lipinski definition) is 3. The van der Waals surface area contributed by atoms with Gasteiger partial charge in [-0.3, -0.25) is 10.4 Å². The van der Waals surface area contributed by atoms with Gasteiger partial charge in [-0.15, -0.1) is 0 Å².